The number of allylic oxidation sites excluding steroid dienone is 1. The van der Waals surface area contributed by atoms with E-state index in [1.165, 1.54) is 30.4 Å². The molecule has 1 atom stereocenters. The van der Waals surface area contributed by atoms with Crippen molar-refractivity contribution in [1.29, 1.82) is 0 Å². The third-order valence-electron chi connectivity index (χ3n) is 2.79. The third kappa shape index (κ3) is 6.48. The van der Waals surface area contributed by atoms with E-state index in [0.29, 0.717) is 10.6 Å². The van der Waals surface area contributed by atoms with Crippen molar-refractivity contribution in [3.8, 4) is 0 Å². The molecule has 1 aromatic rings. The topological polar surface area (TPSA) is 98.5 Å². The predicted octanol–water partition coefficient (Wildman–Crippen LogP) is 3.36. The summed E-state index contributed by atoms with van der Waals surface area (Å²) in [6.07, 6.45) is 2.17. The van der Waals surface area contributed by atoms with Crippen LogP contribution in [0, 0.1) is 10.1 Å². The number of nitrogens with one attached hydrogen (secondary N) is 1. The highest BCUT2D eigenvalue weighted by molar-refractivity contribution is 6.32. The van der Waals surface area contributed by atoms with Crippen LogP contribution >= 0.6 is 11.6 Å². The summed E-state index contributed by atoms with van der Waals surface area (Å²) in [6.45, 7) is 3.60. The number of ketones is 1. The molecule has 0 aliphatic rings. The Labute approximate surface area is 138 Å². The third-order valence-corrected chi connectivity index (χ3v) is 3.13. The lowest BCUT2D eigenvalue weighted by atomic mass is 10.1. The molecule has 1 amide bonds. The van der Waals surface area contributed by atoms with Gasteiger partial charge < -0.3 is 10.1 Å². The number of hydrogen-bond acceptors (Lipinski definition) is 5. The zero-order valence-electron chi connectivity index (χ0n) is 12.7. The van der Waals surface area contributed by atoms with Crippen LogP contribution in [-0.2, 0) is 9.53 Å². The molecule has 0 radical (unpaired) electrons. The minimum atomic E-state index is -0.585. The maximum Gasteiger partial charge on any atom is 0.407 e. The number of nitro groups is 1. The summed E-state index contributed by atoms with van der Waals surface area (Å²) in [5.74, 6) is -0.253. The lowest BCUT2D eigenvalue weighted by Gasteiger charge is -2.11. The van der Waals surface area contributed by atoms with Gasteiger partial charge in [-0.05, 0) is 37.6 Å². The number of hydrogen-bond donors (Lipinski definition) is 1. The van der Waals surface area contributed by atoms with Gasteiger partial charge in [0, 0.05) is 29.6 Å². The van der Waals surface area contributed by atoms with Crippen LogP contribution < -0.4 is 5.32 Å². The Hall–Kier alpha value is -2.41. The van der Waals surface area contributed by atoms with Gasteiger partial charge in [0.15, 0.2) is 5.78 Å². The van der Waals surface area contributed by atoms with E-state index in [9.17, 15) is 19.7 Å². The molecule has 8 heteroatoms. The van der Waals surface area contributed by atoms with Gasteiger partial charge in [0.25, 0.3) is 5.69 Å². The highest BCUT2D eigenvalue weighted by Gasteiger charge is 2.11. The highest BCUT2D eigenvalue weighted by atomic mass is 35.5. The first kappa shape index (κ1) is 18.6. The molecule has 124 valence electrons. The molecule has 0 aliphatic carbocycles. The number of rotatable bonds is 7. The Balaban J connectivity index is 2.66. The van der Waals surface area contributed by atoms with Crippen LogP contribution in [0.15, 0.2) is 24.3 Å². The number of ether oxygens (including phenoxy) is 1. The van der Waals surface area contributed by atoms with Crippen LogP contribution in [0.5, 0.6) is 0 Å². The van der Waals surface area contributed by atoms with Crippen LogP contribution in [0.25, 0.3) is 6.08 Å². The maximum atomic E-state index is 11.8. The van der Waals surface area contributed by atoms with E-state index < -0.39 is 17.1 Å². The smallest absolute Gasteiger partial charge is 0.407 e. The summed E-state index contributed by atoms with van der Waals surface area (Å²) in [5.41, 5.74) is 0.263. The molecule has 0 saturated heterocycles. The van der Waals surface area contributed by atoms with Crippen molar-refractivity contribution in [2.24, 2.45) is 0 Å². The number of non-ortho nitro benzene ring substituents is 1. The lowest BCUT2D eigenvalue weighted by Crippen LogP contribution is -2.34. The molecule has 0 saturated carbocycles. The lowest BCUT2D eigenvalue weighted by molar-refractivity contribution is -0.384. The van der Waals surface area contributed by atoms with Crippen molar-refractivity contribution in [3.63, 3.8) is 0 Å². The van der Waals surface area contributed by atoms with E-state index in [2.05, 4.69) is 5.32 Å². The molecule has 0 aliphatic heterocycles. The van der Waals surface area contributed by atoms with Gasteiger partial charge in [0.05, 0.1) is 11.5 Å². The SMILES string of the molecule is CCOC(=O)N[C@H](C)CC(=O)/C=C/c1cc([N+](=O)[O-])ccc1Cl. The first-order valence-electron chi connectivity index (χ1n) is 6.91. The molecule has 0 fully saturated rings. The summed E-state index contributed by atoms with van der Waals surface area (Å²) in [7, 11) is 0. The quantitative estimate of drug-likeness (QED) is 0.466. The molecule has 0 aromatic heterocycles. The molecular formula is C15H17ClN2O5. The van der Waals surface area contributed by atoms with E-state index >= 15 is 0 Å². The summed E-state index contributed by atoms with van der Waals surface area (Å²) in [5, 5.41) is 13.5. The van der Waals surface area contributed by atoms with E-state index in [0.717, 1.165) is 0 Å². The molecule has 1 rings (SSSR count). The summed E-state index contributed by atoms with van der Waals surface area (Å²) in [4.78, 5) is 33.2. The fraction of sp³-hybridized carbons (Fsp3) is 0.333. The van der Waals surface area contributed by atoms with Crippen molar-refractivity contribution in [2.45, 2.75) is 26.3 Å². The van der Waals surface area contributed by atoms with Crippen LogP contribution in [0.1, 0.15) is 25.8 Å². The largest absolute Gasteiger partial charge is 0.450 e. The van der Waals surface area contributed by atoms with Crippen molar-refractivity contribution in [1.82, 2.24) is 5.32 Å². The van der Waals surface area contributed by atoms with E-state index in [1.54, 1.807) is 13.8 Å². The number of benzene rings is 1. The first-order chi connectivity index (χ1) is 10.8. The Kier molecular flexibility index (Phi) is 7.21. The average Bonchev–Trinajstić information content (AvgIpc) is 2.46. The minimum absolute atomic E-state index is 0.0713. The van der Waals surface area contributed by atoms with Crippen molar-refractivity contribution in [3.05, 3.63) is 45.0 Å². The maximum absolute atomic E-state index is 11.8. The zero-order valence-corrected chi connectivity index (χ0v) is 13.5. The fourth-order valence-corrected chi connectivity index (χ4v) is 1.93. The Bertz CT molecular complexity index is 630. The molecular weight excluding hydrogens is 324 g/mol. The predicted molar refractivity (Wildman–Crippen MR) is 86.4 cm³/mol. The molecule has 0 heterocycles. The van der Waals surface area contributed by atoms with Gasteiger partial charge in [-0.15, -0.1) is 0 Å². The van der Waals surface area contributed by atoms with Gasteiger partial charge in [-0.25, -0.2) is 4.79 Å². The molecule has 7 nitrogen and oxygen atoms in total. The normalized spacial score (nSPS) is 12.0. The molecule has 1 N–H and O–H groups in total. The Morgan fingerprint density at radius 3 is 2.78 bits per heavy atom. The number of halogens is 1. The second-order valence-corrected chi connectivity index (χ2v) is 5.14. The van der Waals surface area contributed by atoms with Gasteiger partial charge in [-0.2, -0.15) is 0 Å². The molecule has 0 bridgehead atoms. The number of nitrogens with zero attached hydrogens (tertiary/aromatic N) is 1. The fourth-order valence-electron chi connectivity index (χ4n) is 1.75. The Morgan fingerprint density at radius 2 is 2.17 bits per heavy atom. The van der Waals surface area contributed by atoms with E-state index in [4.69, 9.17) is 16.3 Å². The van der Waals surface area contributed by atoms with Gasteiger partial charge in [0.1, 0.15) is 0 Å². The van der Waals surface area contributed by atoms with E-state index in [1.807, 2.05) is 0 Å². The molecule has 0 unspecified atom stereocenters. The number of alkyl carbamates (subject to hydrolysis) is 1. The number of carbonyl (C=O) groups is 2. The summed E-state index contributed by atoms with van der Waals surface area (Å²) >= 11 is 5.94. The van der Waals surface area contributed by atoms with Crippen LogP contribution in [0.3, 0.4) is 0 Å². The van der Waals surface area contributed by atoms with Gasteiger partial charge in [-0.3, -0.25) is 14.9 Å². The van der Waals surface area contributed by atoms with Crippen molar-refractivity contribution < 1.29 is 19.2 Å². The average molecular weight is 341 g/mol. The van der Waals surface area contributed by atoms with E-state index in [-0.39, 0.29) is 24.5 Å². The highest BCUT2D eigenvalue weighted by Crippen LogP contribution is 2.23. The minimum Gasteiger partial charge on any atom is -0.450 e. The van der Waals surface area contributed by atoms with Gasteiger partial charge in [-0.1, -0.05) is 11.6 Å². The molecule has 1 aromatic carbocycles. The summed E-state index contributed by atoms with van der Waals surface area (Å²) < 4.78 is 4.71. The van der Waals surface area contributed by atoms with Crippen LogP contribution in [0.4, 0.5) is 10.5 Å². The van der Waals surface area contributed by atoms with Gasteiger partial charge in [0.2, 0.25) is 0 Å². The van der Waals surface area contributed by atoms with Crippen LogP contribution in [0.2, 0.25) is 5.02 Å². The number of amides is 1. The summed E-state index contributed by atoms with van der Waals surface area (Å²) in [6, 6.07) is 3.57. The number of nitro benzene ring substituents is 1. The number of carbonyl (C=O) groups excluding carboxylic acids is 2. The second kappa shape index (κ2) is 8.89. The molecule has 0 spiro atoms. The molecule has 23 heavy (non-hydrogen) atoms. The zero-order chi connectivity index (χ0) is 17.4. The van der Waals surface area contributed by atoms with Crippen molar-refractivity contribution >= 4 is 35.2 Å². The monoisotopic (exact) mass is 340 g/mol. The second-order valence-electron chi connectivity index (χ2n) is 4.73. The first-order valence-corrected chi connectivity index (χ1v) is 7.29. The van der Waals surface area contributed by atoms with Crippen molar-refractivity contribution in [2.75, 3.05) is 6.61 Å². The van der Waals surface area contributed by atoms with Crippen LogP contribution in [-0.4, -0.2) is 29.4 Å². The Morgan fingerprint density at radius 1 is 1.48 bits per heavy atom. The standard InChI is InChI=1S/C15H17ClN2O5/c1-3-23-15(20)17-10(2)8-13(19)6-4-11-9-12(18(21)22)5-7-14(11)16/h4-7,9-10H,3,8H2,1-2H3,(H,17,20)/b6-4+/t10-/m1/s1. The van der Waals surface area contributed by atoms with Gasteiger partial charge >= 0.3 is 6.09 Å².